The molecule has 1 aromatic carbocycles. The van der Waals surface area contributed by atoms with Gasteiger partial charge in [-0.1, -0.05) is 4.99 Å². The molecule has 0 atom stereocenters. The average molecular weight is 369 g/mol. The van der Waals surface area contributed by atoms with Crippen LogP contribution in [0.15, 0.2) is 43.8 Å². The van der Waals surface area contributed by atoms with E-state index in [0.717, 1.165) is 42.2 Å². The van der Waals surface area contributed by atoms with Crippen molar-refractivity contribution < 1.29 is 9.31 Å². The smallest absolute Gasteiger partial charge is 0.431 e. The van der Waals surface area contributed by atoms with Gasteiger partial charge in [-0.2, -0.15) is 0 Å². The van der Waals surface area contributed by atoms with Gasteiger partial charge >= 0.3 is 17.2 Å². The maximum absolute atomic E-state index is 12.3. The van der Waals surface area contributed by atoms with Crippen molar-refractivity contribution in [2.24, 2.45) is 24.1 Å². The van der Waals surface area contributed by atoms with Crippen molar-refractivity contribution in [3.05, 3.63) is 55.9 Å². The summed E-state index contributed by atoms with van der Waals surface area (Å²) in [6, 6.07) is 7.98. The summed E-state index contributed by atoms with van der Waals surface area (Å²) in [5.41, 5.74) is 0.656. The third kappa shape index (κ3) is 2.84. The normalized spacial score (nSPS) is 16.0. The molecule has 9 heteroatoms. The van der Waals surface area contributed by atoms with Gasteiger partial charge in [0.1, 0.15) is 5.75 Å². The Hall–Kier alpha value is -3.23. The van der Waals surface area contributed by atoms with Gasteiger partial charge in [-0.3, -0.25) is 18.5 Å². The van der Waals surface area contributed by atoms with Crippen molar-refractivity contribution in [2.45, 2.75) is 0 Å². The summed E-state index contributed by atoms with van der Waals surface area (Å²) in [4.78, 5) is 35.5. The second-order valence-electron chi connectivity index (χ2n) is 6.57. The number of ether oxygens (including phenoxy) is 1. The highest BCUT2D eigenvalue weighted by Gasteiger charge is 2.27. The highest BCUT2D eigenvalue weighted by molar-refractivity contribution is 5.78. The number of fused-ring (bicyclic) bond motifs is 1. The van der Waals surface area contributed by atoms with Crippen molar-refractivity contribution in [1.29, 1.82) is 0 Å². The van der Waals surface area contributed by atoms with Gasteiger partial charge in [0.2, 0.25) is 0 Å². The van der Waals surface area contributed by atoms with E-state index in [4.69, 9.17) is 4.74 Å². The first kappa shape index (κ1) is 17.2. The SMILES string of the molecule is COc1ccc(N2CC[N+](=C3N=c4c(=O)n(C)c(=O)n(C)c4=N3)CC2)cc1. The standard InChI is InChI=1S/C18H21N6O3/c1-21-15-14(16(25)22(2)18(21)26)19-17(20-15)24-10-8-23(9-11-24)12-4-6-13(27-3)7-5-12/h4-7H,8-11H2,1-3H3/q+1. The molecule has 0 bridgehead atoms. The quantitative estimate of drug-likeness (QED) is 0.587. The van der Waals surface area contributed by atoms with Gasteiger partial charge in [0.05, 0.1) is 20.2 Å². The molecule has 0 unspecified atom stereocenters. The van der Waals surface area contributed by atoms with Gasteiger partial charge in [-0.25, -0.2) is 4.79 Å². The van der Waals surface area contributed by atoms with Crippen LogP contribution in [0.25, 0.3) is 0 Å². The molecule has 2 aliphatic rings. The highest BCUT2D eigenvalue weighted by Crippen LogP contribution is 2.20. The van der Waals surface area contributed by atoms with Crippen LogP contribution in [-0.4, -0.2) is 53.0 Å². The third-order valence-electron chi connectivity index (χ3n) is 5.03. The number of aromatic nitrogens is 2. The number of piperazine rings is 1. The Kier molecular flexibility index (Phi) is 4.14. The Morgan fingerprint density at radius 3 is 2.30 bits per heavy atom. The van der Waals surface area contributed by atoms with E-state index in [1.54, 1.807) is 14.2 Å². The van der Waals surface area contributed by atoms with Crippen LogP contribution in [-0.2, 0) is 14.1 Å². The largest absolute Gasteiger partial charge is 0.497 e. The van der Waals surface area contributed by atoms with Gasteiger partial charge < -0.3 is 9.64 Å². The van der Waals surface area contributed by atoms with Crippen molar-refractivity contribution in [2.75, 3.05) is 38.2 Å². The molecule has 2 aromatic rings. The lowest BCUT2D eigenvalue weighted by Gasteiger charge is -2.29. The van der Waals surface area contributed by atoms with Gasteiger partial charge in [0.15, 0.2) is 0 Å². The molecule has 140 valence electrons. The summed E-state index contributed by atoms with van der Waals surface area (Å²) in [5.74, 6) is 1.33. The minimum Gasteiger partial charge on any atom is -0.497 e. The lowest BCUT2D eigenvalue weighted by Crippen LogP contribution is -2.55. The van der Waals surface area contributed by atoms with Crippen LogP contribution >= 0.6 is 0 Å². The van der Waals surface area contributed by atoms with Crippen molar-refractivity contribution >= 4 is 11.6 Å². The lowest BCUT2D eigenvalue weighted by molar-refractivity contribution is -0.531. The Morgan fingerprint density at radius 1 is 1.00 bits per heavy atom. The summed E-state index contributed by atoms with van der Waals surface area (Å²) < 4.78 is 9.67. The molecule has 3 heterocycles. The van der Waals surface area contributed by atoms with E-state index in [9.17, 15) is 9.59 Å². The molecule has 0 amide bonds. The topological polar surface area (TPSA) is 84.2 Å². The lowest BCUT2D eigenvalue weighted by atomic mass is 10.2. The molecular weight excluding hydrogens is 348 g/mol. The van der Waals surface area contributed by atoms with Crippen LogP contribution in [0, 0.1) is 0 Å². The summed E-state index contributed by atoms with van der Waals surface area (Å²) in [7, 11) is 4.71. The number of guanidine groups is 1. The zero-order valence-electron chi connectivity index (χ0n) is 15.5. The second-order valence-corrected chi connectivity index (χ2v) is 6.57. The molecule has 2 aliphatic heterocycles. The summed E-state index contributed by atoms with van der Waals surface area (Å²) in [5, 5.41) is 0.229. The molecule has 0 radical (unpaired) electrons. The average Bonchev–Trinajstić information content (AvgIpc) is 3.16. The van der Waals surface area contributed by atoms with E-state index < -0.39 is 11.2 Å². The predicted molar refractivity (Wildman–Crippen MR) is 99.4 cm³/mol. The van der Waals surface area contributed by atoms with Crippen molar-refractivity contribution in [1.82, 2.24) is 9.13 Å². The molecule has 0 N–H and O–H groups in total. The summed E-state index contributed by atoms with van der Waals surface area (Å²) in [6.45, 7) is 3.09. The molecule has 9 nitrogen and oxygen atoms in total. The highest BCUT2D eigenvalue weighted by atomic mass is 16.5. The van der Waals surface area contributed by atoms with Crippen LogP contribution in [0.2, 0.25) is 0 Å². The summed E-state index contributed by atoms with van der Waals surface area (Å²) >= 11 is 0. The van der Waals surface area contributed by atoms with E-state index in [-0.39, 0.29) is 5.36 Å². The van der Waals surface area contributed by atoms with Gasteiger partial charge in [0, 0.05) is 32.9 Å². The number of anilines is 1. The minimum absolute atomic E-state index is 0.229. The molecule has 1 saturated heterocycles. The first-order chi connectivity index (χ1) is 13.0. The molecule has 1 aromatic heterocycles. The van der Waals surface area contributed by atoms with Gasteiger partial charge in [-0.05, 0) is 29.3 Å². The Balaban J connectivity index is 1.62. The van der Waals surface area contributed by atoms with E-state index in [0.29, 0.717) is 11.4 Å². The predicted octanol–water partition coefficient (Wildman–Crippen LogP) is -1.77. The number of rotatable bonds is 2. The fourth-order valence-corrected chi connectivity index (χ4v) is 3.36. The third-order valence-corrected chi connectivity index (χ3v) is 5.03. The fraction of sp³-hybridized carbons (Fsp3) is 0.389. The molecule has 1 fully saturated rings. The molecule has 0 spiro atoms. The van der Waals surface area contributed by atoms with Crippen molar-refractivity contribution in [3.63, 3.8) is 0 Å². The van der Waals surface area contributed by atoms with Crippen LogP contribution < -0.4 is 31.7 Å². The Morgan fingerprint density at radius 2 is 1.67 bits per heavy atom. The number of hydrogen-bond donors (Lipinski definition) is 0. The van der Waals surface area contributed by atoms with Gasteiger partial charge in [0.25, 0.3) is 10.8 Å². The van der Waals surface area contributed by atoms with E-state index in [1.807, 2.05) is 28.8 Å². The van der Waals surface area contributed by atoms with Crippen LogP contribution in [0.3, 0.4) is 0 Å². The van der Waals surface area contributed by atoms with E-state index >= 15 is 0 Å². The molecule has 4 rings (SSSR count). The maximum Gasteiger partial charge on any atom is 0.431 e. The molecular formula is C18H21N6O3+. The van der Waals surface area contributed by atoms with Crippen molar-refractivity contribution in [3.8, 4) is 5.75 Å². The Labute approximate surface area is 154 Å². The maximum atomic E-state index is 12.3. The zero-order chi connectivity index (χ0) is 19.1. The number of nitrogens with zero attached hydrogens (tertiary/aromatic N) is 6. The van der Waals surface area contributed by atoms with E-state index in [2.05, 4.69) is 14.9 Å². The molecule has 27 heavy (non-hydrogen) atoms. The van der Waals surface area contributed by atoms with E-state index in [1.165, 1.54) is 11.6 Å². The molecule has 0 aliphatic carbocycles. The Bertz CT molecular complexity index is 1160. The number of benzene rings is 1. The monoisotopic (exact) mass is 369 g/mol. The number of methoxy groups -OCH3 is 1. The zero-order valence-corrected chi connectivity index (χ0v) is 15.5. The fourth-order valence-electron chi connectivity index (χ4n) is 3.36. The first-order valence-electron chi connectivity index (χ1n) is 8.74. The molecule has 0 saturated carbocycles. The van der Waals surface area contributed by atoms with Crippen LogP contribution in [0.4, 0.5) is 5.69 Å². The second kappa shape index (κ2) is 6.49. The number of hydrogen-bond acceptors (Lipinski definition) is 4. The minimum atomic E-state index is -0.413. The first-order valence-corrected chi connectivity index (χ1v) is 8.74. The van der Waals surface area contributed by atoms with Crippen LogP contribution in [0.1, 0.15) is 0 Å². The van der Waals surface area contributed by atoms with Crippen LogP contribution in [0.5, 0.6) is 5.75 Å². The van der Waals surface area contributed by atoms with Gasteiger partial charge in [-0.15, -0.1) is 0 Å². The summed E-state index contributed by atoms with van der Waals surface area (Å²) in [6.07, 6.45) is 0.